The van der Waals surface area contributed by atoms with Crippen LogP contribution in [-0.4, -0.2) is 0 Å². The third kappa shape index (κ3) is 7.19. The Morgan fingerprint density at radius 2 is 1.82 bits per heavy atom. The first kappa shape index (κ1) is 10.3. The molecule has 0 heterocycles. The third-order valence-electron chi connectivity index (χ3n) is 1.19. The number of hydrogen-bond donors (Lipinski definition) is 0. The van der Waals surface area contributed by atoms with E-state index in [2.05, 4.69) is 46.1 Å². The van der Waals surface area contributed by atoms with Crippen LogP contribution in [0.5, 0.6) is 0 Å². The topological polar surface area (TPSA) is 0 Å². The maximum absolute atomic E-state index is 3.89. The Kier molecular flexibility index (Phi) is 4.70. The summed E-state index contributed by atoms with van der Waals surface area (Å²) in [7, 11) is 0. The molecule has 0 unspecified atom stereocenters. The van der Waals surface area contributed by atoms with Crippen molar-refractivity contribution in [2.75, 3.05) is 0 Å². The van der Waals surface area contributed by atoms with Gasteiger partial charge in [0.1, 0.15) is 0 Å². The van der Waals surface area contributed by atoms with E-state index in [0.29, 0.717) is 11.8 Å². The predicted molar refractivity (Wildman–Crippen MR) is 51.2 cm³/mol. The van der Waals surface area contributed by atoms with Crippen molar-refractivity contribution in [3.8, 4) is 11.8 Å². The molecule has 0 amide bonds. The first-order valence-corrected chi connectivity index (χ1v) is 4.21. The van der Waals surface area contributed by atoms with Crippen molar-refractivity contribution in [2.24, 2.45) is 11.8 Å². The molecule has 0 radical (unpaired) electrons. The first-order valence-electron chi connectivity index (χ1n) is 4.21. The van der Waals surface area contributed by atoms with E-state index in [9.17, 15) is 0 Å². The Hall–Kier alpha value is -0.700. The second-order valence-electron chi connectivity index (χ2n) is 3.63. The molecule has 0 saturated carbocycles. The van der Waals surface area contributed by atoms with Crippen LogP contribution in [0, 0.1) is 23.7 Å². The lowest BCUT2D eigenvalue weighted by Crippen LogP contribution is -1.88. The minimum Gasteiger partial charge on any atom is -0.0954 e. The molecule has 11 heavy (non-hydrogen) atoms. The summed E-state index contributed by atoms with van der Waals surface area (Å²) in [5.74, 6) is 7.30. The lowest BCUT2D eigenvalue weighted by atomic mass is 10.0. The lowest BCUT2D eigenvalue weighted by molar-refractivity contribution is 0.653. The summed E-state index contributed by atoms with van der Waals surface area (Å²) in [6.45, 7) is 12.4. The monoisotopic (exact) mass is 150 g/mol. The van der Waals surface area contributed by atoms with Crippen molar-refractivity contribution in [1.29, 1.82) is 0 Å². The van der Waals surface area contributed by atoms with Crippen molar-refractivity contribution < 1.29 is 0 Å². The highest BCUT2D eigenvalue weighted by molar-refractivity contribution is 5.26. The fraction of sp³-hybridized carbons (Fsp3) is 0.636. The summed E-state index contributed by atoms with van der Waals surface area (Å²) in [6.07, 6.45) is 1.03. The summed E-state index contributed by atoms with van der Waals surface area (Å²) >= 11 is 0. The SMILES string of the molecule is C=C(C#CC(C)C)CC(C)C. The van der Waals surface area contributed by atoms with Gasteiger partial charge in [0.15, 0.2) is 0 Å². The summed E-state index contributed by atoms with van der Waals surface area (Å²) in [5.41, 5.74) is 1.06. The normalized spacial score (nSPS) is 9.64. The van der Waals surface area contributed by atoms with Crippen molar-refractivity contribution in [1.82, 2.24) is 0 Å². The highest BCUT2D eigenvalue weighted by atomic mass is 14.0. The highest BCUT2D eigenvalue weighted by Crippen LogP contribution is 2.07. The third-order valence-corrected chi connectivity index (χ3v) is 1.19. The zero-order chi connectivity index (χ0) is 8.85. The van der Waals surface area contributed by atoms with E-state index in [1.165, 1.54) is 0 Å². The Labute approximate surface area is 70.7 Å². The predicted octanol–water partition coefficient (Wildman–Crippen LogP) is 3.25. The fourth-order valence-corrected chi connectivity index (χ4v) is 0.790. The molecule has 0 fully saturated rings. The molecule has 0 aliphatic heterocycles. The highest BCUT2D eigenvalue weighted by Gasteiger charge is 1.94. The molecule has 0 N–H and O–H groups in total. The van der Waals surface area contributed by atoms with Gasteiger partial charge < -0.3 is 0 Å². The van der Waals surface area contributed by atoms with Gasteiger partial charge in [-0.1, -0.05) is 46.1 Å². The maximum atomic E-state index is 3.89. The minimum atomic E-state index is 0.457. The van der Waals surface area contributed by atoms with Crippen LogP contribution in [0.25, 0.3) is 0 Å². The van der Waals surface area contributed by atoms with Gasteiger partial charge in [0.2, 0.25) is 0 Å². The van der Waals surface area contributed by atoms with Gasteiger partial charge in [-0.2, -0.15) is 0 Å². The molecular weight excluding hydrogens is 132 g/mol. The van der Waals surface area contributed by atoms with E-state index in [-0.39, 0.29) is 0 Å². The van der Waals surface area contributed by atoms with Crippen LogP contribution < -0.4 is 0 Å². The standard InChI is InChI=1S/C11H18/c1-9(2)6-7-11(5)8-10(3)4/h9-10H,5,8H2,1-4H3. The Morgan fingerprint density at radius 3 is 2.18 bits per heavy atom. The first-order chi connectivity index (χ1) is 5.02. The molecule has 0 atom stereocenters. The fourth-order valence-electron chi connectivity index (χ4n) is 0.790. The molecule has 0 aromatic carbocycles. The molecule has 0 nitrogen and oxygen atoms in total. The van der Waals surface area contributed by atoms with E-state index in [0.717, 1.165) is 12.0 Å². The molecular formula is C11H18. The molecule has 62 valence electrons. The molecule has 0 heteroatoms. The molecule has 0 aromatic heterocycles. The smallest absolute Gasteiger partial charge is 0.0149 e. The number of hydrogen-bond acceptors (Lipinski definition) is 0. The van der Waals surface area contributed by atoms with Crippen LogP contribution in [0.1, 0.15) is 34.1 Å². The zero-order valence-electron chi connectivity index (χ0n) is 8.07. The van der Waals surface area contributed by atoms with E-state index < -0.39 is 0 Å². The second kappa shape index (κ2) is 5.02. The van der Waals surface area contributed by atoms with E-state index in [1.54, 1.807) is 0 Å². The average molecular weight is 150 g/mol. The molecule has 0 spiro atoms. The molecule has 0 aliphatic carbocycles. The van der Waals surface area contributed by atoms with Crippen LogP contribution in [0.2, 0.25) is 0 Å². The minimum absolute atomic E-state index is 0.457. The van der Waals surface area contributed by atoms with E-state index >= 15 is 0 Å². The van der Waals surface area contributed by atoms with Crippen LogP contribution >= 0.6 is 0 Å². The summed E-state index contributed by atoms with van der Waals surface area (Å²) < 4.78 is 0. The van der Waals surface area contributed by atoms with Crippen molar-refractivity contribution >= 4 is 0 Å². The van der Waals surface area contributed by atoms with Gasteiger partial charge in [0.25, 0.3) is 0 Å². The summed E-state index contributed by atoms with van der Waals surface area (Å²) in [5, 5.41) is 0. The largest absolute Gasteiger partial charge is 0.0954 e. The van der Waals surface area contributed by atoms with Gasteiger partial charge in [-0.25, -0.2) is 0 Å². The molecule has 0 bridgehead atoms. The summed E-state index contributed by atoms with van der Waals surface area (Å²) in [4.78, 5) is 0. The average Bonchev–Trinajstić information content (AvgIpc) is 1.82. The van der Waals surface area contributed by atoms with E-state index in [1.807, 2.05) is 0 Å². The molecule has 0 rings (SSSR count). The van der Waals surface area contributed by atoms with Gasteiger partial charge in [-0.15, -0.1) is 0 Å². The molecule has 0 aromatic rings. The quantitative estimate of drug-likeness (QED) is 0.530. The zero-order valence-corrected chi connectivity index (χ0v) is 8.07. The Balaban J connectivity index is 3.81. The summed E-state index contributed by atoms with van der Waals surface area (Å²) in [6, 6.07) is 0. The van der Waals surface area contributed by atoms with E-state index in [4.69, 9.17) is 0 Å². The van der Waals surface area contributed by atoms with Crippen molar-refractivity contribution in [3.05, 3.63) is 12.2 Å². The second-order valence-corrected chi connectivity index (χ2v) is 3.63. The van der Waals surface area contributed by atoms with Gasteiger partial charge in [0.05, 0.1) is 0 Å². The van der Waals surface area contributed by atoms with Crippen molar-refractivity contribution in [3.63, 3.8) is 0 Å². The maximum Gasteiger partial charge on any atom is 0.0149 e. The van der Waals surface area contributed by atoms with Gasteiger partial charge in [-0.05, 0) is 17.9 Å². The van der Waals surface area contributed by atoms with Crippen LogP contribution in [0.15, 0.2) is 12.2 Å². The molecule has 0 saturated heterocycles. The van der Waals surface area contributed by atoms with Crippen LogP contribution in [0.3, 0.4) is 0 Å². The van der Waals surface area contributed by atoms with Gasteiger partial charge in [0, 0.05) is 5.92 Å². The van der Waals surface area contributed by atoms with Gasteiger partial charge >= 0.3 is 0 Å². The van der Waals surface area contributed by atoms with Gasteiger partial charge in [-0.3, -0.25) is 0 Å². The van der Waals surface area contributed by atoms with Crippen LogP contribution in [-0.2, 0) is 0 Å². The lowest BCUT2D eigenvalue weighted by Gasteiger charge is -2.00. The number of allylic oxidation sites excluding steroid dienone is 1. The Bertz CT molecular complexity index is 174. The van der Waals surface area contributed by atoms with Crippen molar-refractivity contribution in [2.45, 2.75) is 34.1 Å². The number of rotatable bonds is 2. The molecule has 0 aliphatic rings. The Morgan fingerprint density at radius 1 is 1.27 bits per heavy atom. The van der Waals surface area contributed by atoms with Crippen LogP contribution in [0.4, 0.5) is 0 Å².